The van der Waals surface area contributed by atoms with Gasteiger partial charge in [0.25, 0.3) is 5.91 Å². The summed E-state index contributed by atoms with van der Waals surface area (Å²) in [6, 6.07) is 0.964. The Balaban J connectivity index is 2.58. The lowest BCUT2D eigenvalue weighted by Crippen LogP contribution is -2.43. The van der Waals surface area contributed by atoms with Crippen LogP contribution in [0.4, 0.5) is 0 Å². The highest BCUT2D eigenvalue weighted by Gasteiger charge is 2.19. The molecule has 1 rings (SSSR count). The van der Waals surface area contributed by atoms with Crippen LogP contribution in [0.2, 0.25) is 0 Å². The van der Waals surface area contributed by atoms with Crippen molar-refractivity contribution >= 4 is 17.4 Å². The van der Waals surface area contributed by atoms with E-state index in [1.807, 2.05) is 14.0 Å². The highest BCUT2D eigenvalue weighted by Crippen LogP contribution is 2.12. The van der Waals surface area contributed by atoms with Gasteiger partial charge in [0.15, 0.2) is 0 Å². The molecule has 1 aromatic heterocycles. The van der Waals surface area contributed by atoms with E-state index in [0.29, 0.717) is 29.2 Å². The Morgan fingerprint density at radius 3 is 2.21 bits per heavy atom. The number of aromatic nitrogens is 2. The Kier molecular flexibility index (Phi) is 5.87. The number of rotatable bonds is 6. The van der Waals surface area contributed by atoms with Crippen molar-refractivity contribution < 1.29 is 4.79 Å². The Hall–Kier alpha value is -1.01. The van der Waals surface area contributed by atoms with Gasteiger partial charge in [0.2, 0.25) is 0 Å². The average Bonchev–Trinajstić information content (AvgIpc) is 2.73. The molecule has 0 bridgehead atoms. The molecular formula is C13H24N4OS. The highest BCUT2D eigenvalue weighted by atomic mass is 32.1. The molecule has 0 aromatic carbocycles. The van der Waals surface area contributed by atoms with Crippen LogP contribution in [0.3, 0.4) is 0 Å². The Labute approximate surface area is 119 Å². The van der Waals surface area contributed by atoms with Crippen molar-refractivity contribution in [3.05, 3.63) is 10.6 Å². The molecule has 1 heterocycles. The van der Waals surface area contributed by atoms with Gasteiger partial charge < -0.3 is 4.90 Å². The predicted octanol–water partition coefficient (Wildman–Crippen LogP) is 2.04. The van der Waals surface area contributed by atoms with Gasteiger partial charge in [-0.25, -0.2) is 0 Å². The second kappa shape index (κ2) is 6.96. The largest absolute Gasteiger partial charge is 0.340 e. The number of nitrogens with zero attached hydrogens (tertiary/aromatic N) is 4. The van der Waals surface area contributed by atoms with Crippen molar-refractivity contribution in [2.24, 2.45) is 0 Å². The first-order valence-electron chi connectivity index (χ1n) is 6.64. The number of aryl methyl sites for hydroxylation is 1. The summed E-state index contributed by atoms with van der Waals surface area (Å²) in [5.41, 5.74) is 0.714. The van der Waals surface area contributed by atoms with Crippen molar-refractivity contribution in [1.82, 2.24) is 19.4 Å². The Bertz CT molecular complexity index is 409. The summed E-state index contributed by atoms with van der Waals surface area (Å²) >= 11 is 1.17. The summed E-state index contributed by atoms with van der Waals surface area (Å²) in [5, 5.41) is 3.88. The minimum Gasteiger partial charge on any atom is -0.340 e. The number of likely N-dealkylation sites (N-methyl/N-ethyl adjacent to an activating group) is 1. The van der Waals surface area contributed by atoms with E-state index in [4.69, 9.17) is 0 Å². The van der Waals surface area contributed by atoms with Gasteiger partial charge in [-0.3, -0.25) is 9.69 Å². The first-order valence-corrected chi connectivity index (χ1v) is 7.42. The molecule has 5 nitrogen and oxygen atoms in total. The van der Waals surface area contributed by atoms with Gasteiger partial charge in [-0.2, -0.15) is 0 Å². The van der Waals surface area contributed by atoms with E-state index in [2.05, 4.69) is 42.2 Å². The molecule has 0 saturated carbocycles. The molecule has 0 fully saturated rings. The summed E-state index contributed by atoms with van der Waals surface area (Å²) in [6.07, 6.45) is 0. The molecule has 0 N–H and O–H groups in total. The van der Waals surface area contributed by atoms with Gasteiger partial charge in [0, 0.05) is 32.2 Å². The fourth-order valence-corrected chi connectivity index (χ4v) is 2.73. The predicted molar refractivity (Wildman–Crippen MR) is 78.6 cm³/mol. The Morgan fingerprint density at radius 1 is 1.21 bits per heavy atom. The van der Waals surface area contributed by atoms with E-state index in [-0.39, 0.29) is 5.91 Å². The molecule has 0 unspecified atom stereocenters. The van der Waals surface area contributed by atoms with Crippen LogP contribution >= 0.6 is 11.5 Å². The van der Waals surface area contributed by atoms with Gasteiger partial charge in [-0.1, -0.05) is 4.49 Å². The summed E-state index contributed by atoms with van der Waals surface area (Å²) in [4.78, 5) is 17.0. The lowest BCUT2D eigenvalue weighted by Gasteiger charge is -2.32. The minimum atomic E-state index is 0.0139. The highest BCUT2D eigenvalue weighted by molar-refractivity contribution is 7.07. The first kappa shape index (κ1) is 16.0. The molecule has 0 atom stereocenters. The minimum absolute atomic E-state index is 0.0139. The van der Waals surface area contributed by atoms with Crippen molar-refractivity contribution in [3.8, 4) is 0 Å². The second-order valence-corrected chi connectivity index (χ2v) is 6.09. The third kappa shape index (κ3) is 4.24. The van der Waals surface area contributed by atoms with Gasteiger partial charge in [0.1, 0.15) is 4.88 Å². The molecule has 0 aliphatic carbocycles. The van der Waals surface area contributed by atoms with E-state index in [1.165, 1.54) is 11.5 Å². The number of hydrogen-bond donors (Lipinski definition) is 0. The number of amides is 1. The molecule has 0 saturated heterocycles. The third-order valence-corrected chi connectivity index (χ3v) is 4.03. The second-order valence-electron chi connectivity index (χ2n) is 5.34. The van der Waals surface area contributed by atoms with Crippen LogP contribution in [-0.4, -0.2) is 57.5 Å². The van der Waals surface area contributed by atoms with Crippen LogP contribution in [0.1, 0.15) is 43.1 Å². The zero-order valence-electron chi connectivity index (χ0n) is 12.7. The molecule has 108 valence electrons. The lowest BCUT2D eigenvalue weighted by molar-refractivity contribution is 0.0758. The molecular weight excluding hydrogens is 260 g/mol. The standard InChI is InChI=1S/C13H24N4OS/c1-9(2)17(10(3)4)8-7-16(6)13(18)12-11(5)14-15-19-12/h9-10H,7-8H2,1-6H3. The maximum Gasteiger partial charge on any atom is 0.267 e. The molecule has 6 heteroatoms. The molecule has 0 spiro atoms. The SMILES string of the molecule is Cc1nnsc1C(=O)N(C)CCN(C(C)C)C(C)C. The molecule has 1 aromatic rings. The maximum absolute atomic E-state index is 12.2. The van der Waals surface area contributed by atoms with Crippen molar-refractivity contribution in [2.45, 2.75) is 46.7 Å². The van der Waals surface area contributed by atoms with Crippen LogP contribution in [-0.2, 0) is 0 Å². The molecule has 0 radical (unpaired) electrons. The summed E-state index contributed by atoms with van der Waals surface area (Å²) < 4.78 is 3.81. The Morgan fingerprint density at radius 2 is 1.79 bits per heavy atom. The van der Waals surface area contributed by atoms with Crippen molar-refractivity contribution in [2.75, 3.05) is 20.1 Å². The topological polar surface area (TPSA) is 49.3 Å². The monoisotopic (exact) mass is 284 g/mol. The quantitative estimate of drug-likeness (QED) is 0.802. The van der Waals surface area contributed by atoms with Crippen LogP contribution in [0, 0.1) is 6.92 Å². The normalized spacial score (nSPS) is 11.6. The number of hydrogen-bond acceptors (Lipinski definition) is 5. The number of carbonyl (C=O) groups excluding carboxylic acids is 1. The first-order chi connectivity index (χ1) is 8.84. The van der Waals surface area contributed by atoms with Crippen LogP contribution < -0.4 is 0 Å². The van der Waals surface area contributed by atoms with Crippen molar-refractivity contribution in [1.29, 1.82) is 0 Å². The zero-order valence-corrected chi connectivity index (χ0v) is 13.5. The van der Waals surface area contributed by atoms with E-state index in [0.717, 1.165) is 6.54 Å². The van der Waals surface area contributed by atoms with Crippen LogP contribution in [0.15, 0.2) is 0 Å². The smallest absolute Gasteiger partial charge is 0.267 e. The van der Waals surface area contributed by atoms with Gasteiger partial charge in [-0.15, -0.1) is 5.10 Å². The van der Waals surface area contributed by atoms with Crippen LogP contribution in [0.25, 0.3) is 0 Å². The third-order valence-electron chi connectivity index (χ3n) is 3.21. The number of carbonyl (C=O) groups is 1. The van der Waals surface area contributed by atoms with Gasteiger partial charge >= 0.3 is 0 Å². The van der Waals surface area contributed by atoms with Gasteiger partial charge in [-0.05, 0) is 46.2 Å². The molecule has 1 amide bonds. The van der Waals surface area contributed by atoms with E-state index >= 15 is 0 Å². The van der Waals surface area contributed by atoms with Crippen LogP contribution in [0.5, 0.6) is 0 Å². The van der Waals surface area contributed by atoms with E-state index in [9.17, 15) is 4.79 Å². The maximum atomic E-state index is 12.2. The molecule has 19 heavy (non-hydrogen) atoms. The van der Waals surface area contributed by atoms with E-state index < -0.39 is 0 Å². The summed E-state index contributed by atoms with van der Waals surface area (Å²) in [5.74, 6) is 0.0139. The average molecular weight is 284 g/mol. The van der Waals surface area contributed by atoms with Crippen molar-refractivity contribution in [3.63, 3.8) is 0 Å². The summed E-state index contributed by atoms with van der Waals surface area (Å²) in [7, 11) is 1.83. The van der Waals surface area contributed by atoms with E-state index in [1.54, 1.807) is 4.90 Å². The lowest BCUT2D eigenvalue weighted by atomic mass is 10.2. The fourth-order valence-electron chi connectivity index (χ4n) is 2.08. The summed E-state index contributed by atoms with van der Waals surface area (Å²) in [6.45, 7) is 12.1. The molecule has 0 aliphatic rings. The molecule has 0 aliphatic heterocycles. The fraction of sp³-hybridized carbons (Fsp3) is 0.769. The van der Waals surface area contributed by atoms with Gasteiger partial charge in [0.05, 0.1) is 5.69 Å². The zero-order chi connectivity index (χ0) is 14.6.